The van der Waals surface area contributed by atoms with Gasteiger partial charge in [-0.05, 0) is 38.7 Å². The molecule has 0 radical (unpaired) electrons. The van der Waals surface area contributed by atoms with Gasteiger partial charge in [0.05, 0.1) is 17.5 Å². The van der Waals surface area contributed by atoms with Crippen LogP contribution in [0.25, 0.3) is 22.1 Å². The van der Waals surface area contributed by atoms with Gasteiger partial charge in [0, 0.05) is 37.1 Å². The van der Waals surface area contributed by atoms with E-state index in [9.17, 15) is 9.59 Å². The lowest BCUT2D eigenvalue weighted by Crippen LogP contribution is -2.36. The Balaban J connectivity index is 1.51. The van der Waals surface area contributed by atoms with Crippen molar-refractivity contribution in [3.8, 4) is 0 Å². The summed E-state index contributed by atoms with van der Waals surface area (Å²) in [6.45, 7) is 2.66. The number of aryl methyl sites for hydroxylation is 2. The third-order valence-electron chi connectivity index (χ3n) is 6.32. The molecular formula is C22H24N8O2. The third kappa shape index (κ3) is 2.89. The van der Waals surface area contributed by atoms with Crippen molar-refractivity contribution in [3.63, 3.8) is 0 Å². The number of hydrogen-bond acceptors (Lipinski definition) is 6. The van der Waals surface area contributed by atoms with Crippen LogP contribution in [0.2, 0.25) is 0 Å². The van der Waals surface area contributed by atoms with Gasteiger partial charge in [-0.3, -0.25) is 14.7 Å². The summed E-state index contributed by atoms with van der Waals surface area (Å²) in [5, 5.41) is 10.9. The van der Waals surface area contributed by atoms with Crippen LogP contribution >= 0.6 is 0 Å². The van der Waals surface area contributed by atoms with E-state index < -0.39 is 0 Å². The fourth-order valence-corrected chi connectivity index (χ4v) is 4.55. The summed E-state index contributed by atoms with van der Waals surface area (Å²) < 4.78 is 3.94. The van der Waals surface area contributed by atoms with E-state index in [-0.39, 0.29) is 5.91 Å². The zero-order valence-electron chi connectivity index (χ0n) is 18.0. The molecule has 1 amide bonds. The Labute approximate surface area is 183 Å². The summed E-state index contributed by atoms with van der Waals surface area (Å²) in [5.41, 5.74) is 3.36. The van der Waals surface area contributed by atoms with Crippen LogP contribution in [0.15, 0.2) is 18.5 Å². The first kappa shape index (κ1) is 19.0. The Morgan fingerprint density at radius 3 is 2.66 bits per heavy atom. The molecule has 4 aromatic rings. The molecule has 6 rings (SSSR count). The zero-order valence-corrected chi connectivity index (χ0v) is 18.0. The van der Waals surface area contributed by atoms with Crippen molar-refractivity contribution in [1.82, 2.24) is 34.2 Å². The van der Waals surface area contributed by atoms with Gasteiger partial charge in [0.2, 0.25) is 0 Å². The summed E-state index contributed by atoms with van der Waals surface area (Å²) in [4.78, 5) is 36.1. The van der Waals surface area contributed by atoms with Crippen LogP contribution in [0, 0.1) is 0 Å². The molecule has 2 N–H and O–H groups in total. The largest absolute Gasteiger partial charge is 0.333 e. The number of anilines is 2. The molecule has 2 fully saturated rings. The van der Waals surface area contributed by atoms with E-state index in [0.29, 0.717) is 53.5 Å². The summed E-state index contributed by atoms with van der Waals surface area (Å²) in [6, 6.07) is 4.35. The highest BCUT2D eigenvalue weighted by atomic mass is 16.2. The number of carbonyl (C=O) groups is 2. The number of imidazole rings is 1. The molecule has 10 heteroatoms. The van der Waals surface area contributed by atoms with Gasteiger partial charge in [0.15, 0.2) is 17.9 Å². The first-order valence-electron chi connectivity index (χ1n) is 11.0. The van der Waals surface area contributed by atoms with Crippen molar-refractivity contribution in [2.24, 2.45) is 7.05 Å². The second-order valence-electron chi connectivity index (χ2n) is 8.65. The number of nitrogens with one attached hydrogen (secondary N) is 2. The molecule has 32 heavy (non-hydrogen) atoms. The van der Waals surface area contributed by atoms with Crippen molar-refractivity contribution >= 4 is 45.9 Å². The molecule has 0 spiro atoms. The average Bonchev–Trinajstić information content (AvgIpc) is 3.69. The first-order valence-corrected chi connectivity index (χ1v) is 11.0. The van der Waals surface area contributed by atoms with Crippen LogP contribution in [-0.4, -0.2) is 58.5 Å². The number of carbonyl (C=O) groups excluding carboxylic acids is 2. The van der Waals surface area contributed by atoms with Gasteiger partial charge < -0.3 is 19.4 Å². The minimum absolute atomic E-state index is 0.0996. The highest BCUT2D eigenvalue weighted by Crippen LogP contribution is 2.39. The zero-order chi connectivity index (χ0) is 22.0. The Hall–Kier alpha value is -3.69. The lowest BCUT2D eigenvalue weighted by molar-refractivity contribution is 0.0719. The van der Waals surface area contributed by atoms with E-state index in [2.05, 4.69) is 25.4 Å². The molecule has 0 aromatic carbocycles. The highest BCUT2D eigenvalue weighted by Gasteiger charge is 2.43. The second kappa shape index (κ2) is 6.91. The monoisotopic (exact) mass is 432 g/mol. The number of amides is 1. The van der Waals surface area contributed by atoms with Crippen LogP contribution in [0.5, 0.6) is 0 Å². The van der Waals surface area contributed by atoms with Crippen LogP contribution in [0.1, 0.15) is 53.6 Å². The minimum Gasteiger partial charge on any atom is -0.333 e. The molecule has 164 valence electrons. The van der Waals surface area contributed by atoms with E-state index >= 15 is 0 Å². The van der Waals surface area contributed by atoms with E-state index in [4.69, 9.17) is 4.98 Å². The molecule has 2 aliphatic carbocycles. The number of pyridine rings is 1. The number of H-pyrrole nitrogens is 1. The summed E-state index contributed by atoms with van der Waals surface area (Å²) in [6.07, 6.45) is 6.83. The number of hydrogen-bond donors (Lipinski definition) is 2. The van der Waals surface area contributed by atoms with Gasteiger partial charge in [-0.2, -0.15) is 5.10 Å². The number of aromatic amines is 1. The van der Waals surface area contributed by atoms with E-state index in [0.717, 1.165) is 42.2 Å². The maximum absolute atomic E-state index is 13.6. The van der Waals surface area contributed by atoms with Gasteiger partial charge >= 0.3 is 0 Å². The molecule has 0 aliphatic heterocycles. The van der Waals surface area contributed by atoms with Crippen molar-refractivity contribution in [1.29, 1.82) is 0 Å². The van der Waals surface area contributed by atoms with Gasteiger partial charge in [0.25, 0.3) is 5.91 Å². The lowest BCUT2D eigenvalue weighted by Gasteiger charge is -2.22. The third-order valence-corrected chi connectivity index (χ3v) is 6.32. The van der Waals surface area contributed by atoms with Crippen LogP contribution < -0.4 is 5.32 Å². The molecule has 10 nitrogen and oxygen atoms in total. The summed E-state index contributed by atoms with van der Waals surface area (Å²) in [7, 11) is 1.93. The number of aldehydes is 1. The van der Waals surface area contributed by atoms with E-state index in [1.165, 1.54) is 0 Å². The summed E-state index contributed by atoms with van der Waals surface area (Å²) >= 11 is 0. The maximum Gasteiger partial charge on any atom is 0.271 e. The normalized spacial score (nSPS) is 16.1. The van der Waals surface area contributed by atoms with Gasteiger partial charge in [-0.1, -0.05) is 0 Å². The number of rotatable bonds is 7. The SMILES string of the molecule is CCn1c(C(=O)N(C2CC2)C2CC2)cc2c3c(ncn3C)c(Nc3cc(C=O)[nH]n3)nc21. The fourth-order valence-electron chi connectivity index (χ4n) is 4.55. The van der Waals surface area contributed by atoms with E-state index in [1.54, 1.807) is 12.4 Å². The molecule has 0 bridgehead atoms. The van der Waals surface area contributed by atoms with Gasteiger partial charge in [-0.15, -0.1) is 0 Å². The Bertz CT molecular complexity index is 1360. The molecule has 2 saturated carbocycles. The first-order chi connectivity index (χ1) is 15.6. The van der Waals surface area contributed by atoms with Crippen LogP contribution in [0.4, 0.5) is 11.6 Å². The van der Waals surface area contributed by atoms with Crippen LogP contribution in [-0.2, 0) is 13.6 Å². The lowest BCUT2D eigenvalue weighted by atomic mass is 10.2. The molecule has 4 aromatic heterocycles. The molecule has 2 aliphatic rings. The standard InChI is InChI=1S/C22H24N8O2/c1-3-29-16(22(32)30(13-4-5-13)14-6-7-14)9-15-19-18(23-11-28(19)2)20(25-21(15)29)24-17-8-12(10-31)26-27-17/h8-11,13-14H,3-7H2,1-2H3,(H2,24,25,26,27). The number of nitrogens with zero attached hydrogens (tertiary/aromatic N) is 6. The molecular weight excluding hydrogens is 408 g/mol. The number of fused-ring (bicyclic) bond motifs is 3. The predicted octanol–water partition coefficient (Wildman–Crippen LogP) is 2.99. The van der Waals surface area contributed by atoms with Gasteiger partial charge in [-0.25, -0.2) is 9.97 Å². The molecule has 0 saturated heterocycles. The fraction of sp³-hybridized carbons (Fsp3) is 0.409. The maximum atomic E-state index is 13.6. The Kier molecular flexibility index (Phi) is 4.11. The topological polar surface area (TPSA) is 114 Å². The second-order valence-corrected chi connectivity index (χ2v) is 8.65. The summed E-state index contributed by atoms with van der Waals surface area (Å²) in [5.74, 6) is 1.11. The predicted molar refractivity (Wildman–Crippen MR) is 119 cm³/mol. The van der Waals surface area contributed by atoms with Crippen LogP contribution in [0.3, 0.4) is 0 Å². The Morgan fingerprint density at radius 2 is 2.03 bits per heavy atom. The van der Waals surface area contributed by atoms with Crippen molar-refractivity contribution in [2.45, 2.75) is 51.2 Å². The van der Waals surface area contributed by atoms with Crippen molar-refractivity contribution in [2.75, 3.05) is 5.32 Å². The van der Waals surface area contributed by atoms with E-state index in [1.807, 2.05) is 29.2 Å². The number of aromatic nitrogens is 6. The Morgan fingerprint density at radius 1 is 1.28 bits per heavy atom. The van der Waals surface area contributed by atoms with Crippen molar-refractivity contribution < 1.29 is 9.59 Å². The highest BCUT2D eigenvalue weighted by molar-refractivity contribution is 6.10. The average molecular weight is 432 g/mol. The minimum atomic E-state index is 0.0996. The van der Waals surface area contributed by atoms with Gasteiger partial charge in [0.1, 0.15) is 16.9 Å². The molecule has 0 unspecified atom stereocenters. The quantitative estimate of drug-likeness (QED) is 0.434. The molecule has 0 atom stereocenters. The smallest absolute Gasteiger partial charge is 0.271 e. The molecule has 4 heterocycles. The van der Waals surface area contributed by atoms with Crippen molar-refractivity contribution in [3.05, 3.63) is 29.8 Å².